The molecule has 6 heteroatoms. The smallest absolute Gasteiger partial charge is 0.256 e. The maximum atomic E-state index is 5.80. The van der Waals surface area contributed by atoms with Crippen LogP contribution in [0.15, 0.2) is 6.07 Å². The molecule has 0 aromatic carbocycles. The number of likely N-dealkylation sites (N-methyl/N-ethyl adjacent to an activating group) is 1. The van der Waals surface area contributed by atoms with E-state index in [4.69, 9.17) is 10.5 Å². The Kier molecular flexibility index (Phi) is 3.09. The van der Waals surface area contributed by atoms with E-state index in [1.165, 1.54) is 7.11 Å². The van der Waals surface area contributed by atoms with Crippen LogP contribution in [0.2, 0.25) is 0 Å². The average molecular weight is 223 g/mol. The highest BCUT2D eigenvalue weighted by Gasteiger charge is 2.16. The van der Waals surface area contributed by atoms with Gasteiger partial charge in [-0.15, -0.1) is 10.2 Å². The summed E-state index contributed by atoms with van der Waals surface area (Å²) in [5.74, 6) is 1.21. The molecular formula is C10H17N5O. The topological polar surface area (TPSA) is 67.5 Å². The summed E-state index contributed by atoms with van der Waals surface area (Å²) < 4.78 is 4.98. The SMILES string of the molecule is COc1nnc(N2CCN(C)CC2)cc1N. The molecule has 0 atom stereocenters. The van der Waals surface area contributed by atoms with Gasteiger partial charge in [-0.3, -0.25) is 0 Å². The van der Waals surface area contributed by atoms with Crippen molar-refractivity contribution in [3.05, 3.63) is 6.07 Å². The van der Waals surface area contributed by atoms with Crippen LogP contribution in [0.4, 0.5) is 11.5 Å². The number of hydrogen-bond acceptors (Lipinski definition) is 6. The predicted molar refractivity (Wildman–Crippen MR) is 62.7 cm³/mol. The quantitative estimate of drug-likeness (QED) is 0.750. The minimum atomic E-state index is 0.387. The van der Waals surface area contributed by atoms with Crippen molar-refractivity contribution < 1.29 is 4.74 Å². The first-order valence-corrected chi connectivity index (χ1v) is 5.31. The molecule has 0 amide bonds. The molecule has 0 radical (unpaired) electrons. The monoisotopic (exact) mass is 223 g/mol. The molecule has 2 heterocycles. The second kappa shape index (κ2) is 4.52. The molecular weight excluding hydrogens is 206 g/mol. The first kappa shape index (κ1) is 10.9. The Morgan fingerprint density at radius 2 is 1.94 bits per heavy atom. The third-order valence-corrected chi connectivity index (χ3v) is 2.80. The summed E-state index contributed by atoms with van der Waals surface area (Å²) >= 11 is 0. The van der Waals surface area contributed by atoms with Crippen LogP contribution in [0.5, 0.6) is 5.88 Å². The molecule has 0 saturated carbocycles. The number of methoxy groups -OCH3 is 1. The Morgan fingerprint density at radius 1 is 1.25 bits per heavy atom. The molecule has 1 aliphatic heterocycles. The fraction of sp³-hybridized carbons (Fsp3) is 0.600. The van der Waals surface area contributed by atoms with Gasteiger partial charge in [0.1, 0.15) is 5.69 Å². The summed E-state index contributed by atoms with van der Waals surface area (Å²) in [6, 6.07) is 1.82. The van der Waals surface area contributed by atoms with E-state index < -0.39 is 0 Å². The van der Waals surface area contributed by atoms with Crippen molar-refractivity contribution in [1.29, 1.82) is 0 Å². The van der Waals surface area contributed by atoms with Crippen LogP contribution < -0.4 is 15.4 Å². The highest BCUT2D eigenvalue weighted by molar-refractivity contribution is 5.55. The fourth-order valence-electron chi connectivity index (χ4n) is 1.73. The number of rotatable bonds is 2. The van der Waals surface area contributed by atoms with Gasteiger partial charge < -0.3 is 20.3 Å². The van der Waals surface area contributed by atoms with E-state index in [0.29, 0.717) is 11.6 Å². The molecule has 2 N–H and O–H groups in total. The number of aromatic nitrogens is 2. The summed E-state index contributed by atoms with van der Waals surface area (Å²) in [5.41, 5.74) is 6.33. The van der Waals surface area contributed by atoms with Crippen molar-refractivity contribution in [2.24, 2.45) is 0 Å². The molecule has 1 aliphatic rings. The first-order valence-electron chi connectivity index (χ1n) is 5.31. The zero-order chi connectivity index (χ0) is 11.5. The van der Waals surface area contributed by atoms with E-state index in [9.17, 15) is 0 Å². The molecule has 1 aromatic rings. The molecule has 16 heavy (non-hydrogen) atoms. The highest BCUT2D eigenvalue weighted by Crippen LogP contribution is 2.21. The third-order valence-electron chi connectivity index (χ3n) is 2.80. The van der Waals surface area contributed by atoms with Crippen molar-refractivity contribution in [1.82, 2.24) is 15.1 Å². The van der Waals surface area contributed by atoms with Crippen LogP contribution in [-0.2, 0) is 0 Å². The van der Waals surface area contributed by atoms with Gasteiger partial charge >= 0.3 is 0 Å². The number of nitrogen functional groups attached to an aromatic ring is 1. The number of nitrogens with zero attached hydrogens (tertiary/aromatic N) is 4. The van der Waals surface area contributed by atoms with Crippen molar-refractivity contribution in [3.8, 4) is 5.88 Å². The van der Waals surface area contributed by atoms with Gasteiger partial charge in [0, 0.05) is 32.2 Å². The summed E-state index contributed by atoms with van der Waals surface area (Å²) in [6.45, 7) is 3.98. The second-order valence-electron chi connectivity index (χ2n) is 3.96. The lowest BCUT2D eigenvalue weighted by atomic mass is 10.3. The Hall–Kier alpha value is -1.56. The van der Waals surface area contributed by atoms with Gasteiger partial charge in [0.2, 0.25) is 0 Å². The Balaban J connectivity index is 2.12. The van der Waals surface area contributed by atoms with Crippen LogP contribution in [0.25, 0.3) is 0 Å². The summed E-state index contributed by atoms with van der Waals surface area (Å²) in [7, 11) is 3.65. The molecule has 0 unspecified atom stereocenters. The van der Waals surface area contributed by atoms with Gasteiger partial charge in [0.25, 0.3) is 5.88 Å². The first-order chi connectivity index (χ1) is 7.70. The van der Waals surface area contributed by atoms with Crippen LogP contribution in [0, 0.1) is 0 Å². The van der Waals surface area contributed by atoms with Crippen LogP contribution in [0.3, 0.4) is 0 Å². The van der Waals surface area contributed by atoms with Gasteiger partial charge in [0.05, 0.1) is 7.11 Å². The highest BCUT2D eigenvalue weighted by atomic mass is 16.5. The molecule has 0 aliphatic carbocycles. The lowest BCUT2D eigenvalue weighted by Crippen LogP contribution is -2.44. The summed E-state index contributed by atoms with van der Waals surface area (Å²) in [5, 5.41) is 8.05. The zero-order valence-electron chi connectivity index (χ0n) is 9.68. The van der Waals surface area contributed by atoms with Crippen LogP contribution in [0.1, 0.15) is 0 Å². The van der Waals surface area contributed by atoms with E-state index in [0.717, 1.165) is 32.0 Å². The van der Waals surface area contributed by atoms with Crippen molar-refractivity contribution in [2.45, 2.75) is 0 Å². The molecule has 1 fully saturated rings. The molecule has 0 spiro atoms. The Bertz CT molecular complexity index is 362. The average Bonchev–Trinajstić information content (AvgIpc) is 2.30. The van der Waals surface area contributed by atoms with Gasteiger partial charge in [-0.1, -0.05) is 0 Å². The molecule has 88 valence electrons. The van der Waals surface area contributed by atoms with Crippen LogP contribution >= 0.6 is 0 Å². The lowest BCUT2D eigenvalue weighted by molar-refractivity contribution is 0.311. The van der Waals surface area contributed by atoms with Gasteiger partial charge in [-0.25, -0.2) is 0 Å². The van der Waals surface area contributed by atoms with E-state index in [1.54, 1.807) is 0 Å². The van der Waals surface area contributed by atoms with Gasteiger partial charge in [0.15, 0.2) is 5.82 Å². The normalized spacial score (nSPS) is 17.5. The van der Waals surface area contributed by atoms with E-state index >= 15 is 0 Å². The second-order valence-corrected chi connectivity index (χ2v) is 3.96. The number of piperazine rings is 1. The summed E-state index contributed by atoms with van der Waals surface area (Å²) in [4.78, 5) is 4.47. The van der Waals surface area contributed by atoms with Gasteiger partial charge in [-0.2, -0.15) is 0 Å². The minimum absolute atomic E-state index is 0.387. The number of ether oxygens (including phenoxy) is 1. The maximum absolute atomic E-state index is 5.80. The lowest BCUT2D eigenvalue weighted by Gasteiger charge is -2.32. The fourth-order valence-corrected chi connectivity index (χ4v) is 1.73. The van der Waals surface area contributed by atoms with E-state index in [1.807, 2.05) is 6.07 Å². The minimum Gasteiger partial charge on any atom is -0.478 e. The number of hydrogen-bond donors (Lipinski definition) is 1. The standard InChI is InChI=1S/C10H17N5O/c1-14-3-5-15(6-4-14)9-7-8(11)10(16-2)13-12-9/h7H,3-6H2,1-2H3,(H2,11,12). The van der Waals surface area contributed by atoms with E-state index in [2.05, 4.69) is 27.0 Å². The number of nitrogens with two attached hydrogens (primary N) is 1. The Morgan fingerprint density at radius 3 is 2.50 bits per heavy atom. The molecule has 0 bridgehead atoms. The van der Waals surface area contributed by atoms with Crippen molar-refractivity contribution in [3.63, 3.8) is 0 Å². The maximum Gasteiger partial charge on any atom is 0.256 e. The predicted octanol–water partition coefficient (Wildman–Crippen LogP) is -0.181. The molecule has 2 rings (SSSR count). The van der Waals surface area contributed by atoms with E-state index in [-0.39, 0.29) is 0 Å². The van der Waals surface area contributed by atoms with Gasteiger partial charge in [-0.05, 0) is 7.05 Å². The van der Waals surface area contributed by atoms with Crippen molar-refractivity contribution >= 4 is 11.5 Å². The molecule has 1 saturated heterocycles. The van der Waals surface area contributed by atoms with Crippen molar-refractivity contribution in [2.75, 3.05) is 51.0 Å². The molecule has 6 nitrogen and oxygen atoms in total. The van der Waals surface area contributed by atoms with Crippen LogP contribution in [-0.4, -0.2) is 55.4 Å². The Labute approximate surface area is 95.0 Å². The largest absolute Gasteiger partial charge is 0.478 e. The number of anilines is 2. The third kappa shape index (κ3) is 2.16. The molecule has 1 aromatic heterocycles. The zero-order valence-corrected chi connectivity index (χ0v) is 9.68. The summed E-state index contributed by atoms with van der Waals surface area (Å²) in [6.07, 6.45) is 0.